The number of carboxylic acids is 1. The van der Waals surface area contributed by atoms with Gasteiger partial charge in [-0.15, -0.1) is 0 Å². The van der Waals surface area contributed by atoms with E-state index in [0.717, 1.165) is 16.7 Å². The molecule has 0 radical (unpaired) electrons. The highest BCUT2D eigenvalue weighted by atomic mass is 16.8. The number of aliphatic imine (C=N–C) groups is 1. The molecule has 1 fully saturated rings. The Labute approximate surface area is 359 Å². The summed E-state index contributed by atoms with van der Waals surface area (Å²) >= 11 is 0. The molecule has 7 N–H and O–H groups in total. The number of aliphatic hydroxyl groups excluding tert-OH is 3. The number of hydroxylamine groups is 2. The minimum absolute atomic E-state index is 0.00442. The summed E-state index contributed by atoms with van der Waals surface area (Å²) in [6.45, 7) is 2.53. The lowest BCUT2D eigenvalue weighted by Crippen LogP contribution is -2.73. The van der Waals surface area contributed by atoms with Gasteiger partial charge in [-0.1, -0.05) is 29.3 Å². The van der Waals surface area contributed by atoms with E-state index in [-0.39, 0.29) is 65.8 Å². The summed E-state index contributed by atoms with van der Waals surface area (Å²) in [5, 5.41) is 69.8. The molecule has 18 heteroatoms. The van der Waals surface area contributed by atoms with Crippen LogP contribution < -0.4 is 15.5 Å². The number of ether oxygens (including phenoxy) is 3. The quantitative estimate of drug-likeness (QED) is 0.0327. The molecule has 4 heterocycles. The number of phenols is 1. The van der Waals surface area contributed by atoms with E-state index in [4.69, 9.17) is 23.5 Å². The third-order valence-electron chi connectivity index (χ3n) is 11.0. The molecule has 0 aliphatic carbocycles. The van der Waals surface area contributed by atoms with Crippen LogP contribution in [0, 0.1) is 13.8 Å². The van der Waals surface area contributed by atoms with E-state index < -0.39 is 67.5 Å². The van der Waals surface area contributed by atoms with E-state index in [0.29, 0.717) is 28.8 Å². The summed E-state index contributed by atoms with van der Waals surface area (Å²) in [5.41, 5.74) is 2.11. The predicted molar refractivity (Wildman–Crippen MR) is 224 cm³/mol. The summed E-state index contributed by atoms with van der Waals surface area (Å²) in [7, 11) is 0. The number of aliphatic carboxylic acids is 1. The largest absolute Gasteiger partial charge is 0.508 e. The molecule has 1 aromatic heterocycles. The molecular weight excluding hydrogens is 823 g/mol. The fourth-order valence-electron chi connectivity index (χ4n) is 7.90. The molecule has 0 amide bonds. The number of aliphatic hydroxyl groups is 4. The van der Waals surface area contributed by atoms with Crippen LogP contribution in [0.2, 0.25) is 0 Å². The monoisotopic (exact) mass is 869 g/mol. The molecule has 332 valence electrons. The average molecular weight is 870 g/mol. The van der Waals surface area contributed by atoms with Crippen molar-refractivity contribution < 1.29 is 68.5 Å². The molecule has 7 atom stereocenters. The topological polar surface area (TPSA) is 267 Å². The van der Waals surface area contributed by atoms with E-state index in [9.17, 15) is 49.8 Å². The lowest BCUT2D eigenvalue weighted by atomic mass is 9.78. The van der Waals surface area contributed by atoms with Crippen molar-refractivity contribution in [2.45, 2.75) is 75.5 Å². The lowest BCUT2D eigenvalue weighted by molar-refractivity contribution is -0.370. The number of aromatic hydroxyl groups is 1. The number of nitrogens with one attached hydrogen (secondary N) is 1. The Balaban J connectivity index is 1.28. The van der Waals surface area contributed by atoms with Crippen molar-refractivity contribution in [3.05, 3.63) is 111 Å². The van der Waals surface area contributed by atoms with Gasteiger partial charge >= 0.3 is 11.9 Å². The van der Waals surface area contributed by atoms with Crippen molar-refractivity contribution in [1.29, 1.82) is 0 Å². The van der Waals surface area contributed by atoms with Crippen molar-refractivity contribution in [3.8, 4) is 22.6 Å². The first-order valence-corrected chi connectivity index (χ1v) is 20.2. The minimum Gasteiger partial charge on any atom is -0.508 e. The van der Waals surface area contributed by atoms with Crippen LogP contribution in [0.1, 0.15) is 36.0 Å². The fraction of sp³-hybridized carbons (Fsp3) is 0.356. The van der Waals surface area contributed by atoms with Crippen LogP contribution in [0.4, 0.5) is 0 Å². The number of hydrogen-bond donors (Lipinski definition) is 7. The number of allylic oxidation sites excluding steroid dienone is 1. The van der Waals surface area contributed by atoms with E-state index in [2.05, 4.69) is 10.3 Å². The number of carboxylic acid groups (broad SMARTS) is 1. The van der Waals surface area contributed by atoms with Gasteiger partial charge in [-0.25, -0.2) is 14.7 Å². The molecule has 0 spiro atoms. The Bertz CT molecular complexity index is 2500. The summed E-state index contributed by atoms with van der Waals surface area (Å²) in [4.78, 5) is 60.7. The maximum absolute atomic E-state index is 13.6. The third kappa shape index (κ3) is 9.28. The van der Waals surface area contributed by atoms with Crippen LogP contribution in [0.25, 0.3) is 27.8 Å². The van der Waals surface area contributed by atoms with E-state index in [1.807, 2.05) is 32.0 Å². The van der Waals surface area contributed by atoms with E-state index in [1.165, 1.54) is 41.7 Å². The van der Waals surface area contributed by atoms with Gasteiger partial charge in [0.2, 0.25) is 12.3 Å². The van der Waals surface area contributed by atoms with Gasteiger partial charge in [0.25, 0.3) is 0 Å². The number of carbonyl (C=O) groups excluding carboxylic acids is 2. The zero-order chi connectivity index (χ0) is 45.0. The second-order valence-electron chi connectivity index (χ2n) is 15.5. The number of esters is 1. The van der Waals surface area contributed by atoms with Crippen LogP contribution in [-0.2, 0) is 28.7 Å². The molecule has 1 saturated heterocycles. The van der Waals surface area contributed by atoms with E-state index in [1.54, 1.807) is 24.4 Å². The number of benzene rings is 3. The Morgan fingerprint density at radius 1 is 1.08 bits per heavy atom. The molecule has 0 saturated carbocycles. The SMILES string of the molecule is Cc1cc(C)cc(C2=C3N=CC=C3CN2OC2C(Oc3ccc4c(=O)c(-c5ccc(O)cc5)coc4c3)OC(COC(=O)C(NCCC=O)C(=O)O)C(O)C2(O)C(O)CCCO)c1. The minimum atomic E-state index is -2.72. The Morgan fingerprint density at radius 3 is 2.52 bits per heavy atom. The van der Waals surface area contributed by atoms with Crippen molar-refractivity contribution >= 4 is 41.1 Å². The maximum Gasteiger partial charge on any atom is 0.334 e. The van der Waals surface area contributed by atoms with Crippen LogP contribution in [0.5, 0.6) is 11.5 Å². The highest BCUT2D eigenvalue weighted by Crippen LogP contribution is 2.43. The molecule has 3 aromatic carbocycles. The summed E-state index contributed by atoms with van der Waals surface area (Å²) in [5.74, 6) is -2.89. The molecule has 3 aliphatic heterocycles. The van der Waals surface area contributed by atoms with Crippen molar-refractivity contribution in [1.82, 2.24) is 10.4 Å². The zero-order valence-electron chi connectivity index (χ0n) is 34.2. The number of carbonyl (C=O) groups is 3. The lowest BCUT2D eigenvalue weighted by Gasteiger charge is -2.51. The number of nitrogens with zero attached hydrogens (tertiary/aromatic N) is 2. The first-order chi connectivity index (χ1) is 30.2. The molecule has 4 aromatic rings. The molecule has 18 nitrogen and oxygen atoms in total. The summed E-state index contributed by atoms with van der Waals surface area (Å²) in [6.07, 6.45) is -4.41. The summed E-state index contributed by atoms with van der Waals surface area (Å²) in [6, 6.07) is 14.2. The number of aryl methyl sites for hydroxylation is 2. The van der Waals surface area contributed by atoms with Crippen LogP contribution >= 0.6 is 0 Å². The molecular formula is C45H47N3O15. The maximum atomic E-state index is 13.6. The standard InChI is InChI=1S/C45H47N3O15/c1-24-17-25(2)19-28(18-24)38-36-27(12-14-47-36)21-48(38)63-41-44(61-30-10-11-31-33(20-30)59-22-32(39(31)53)26-6-8-29(51)9-7-26)62-34(40(54)45(41,58)35(52)5-3-15-49)23-60-43(57)37(42(55)56)46-13-4-16-50/h6-12,14,16-20,22,34-35,37,40-41,44,46,49,51-52,54,58H,3-5,13,15,21,23H2,1-2H3,(H,55,56). The van der Waals surface area contributed by atoms with Gasteiger partial charge in [-0.3, -0.25) is 19.9 Å². The average Bonchev–Trinajstić information content (AvgIpc) is 3.85. The second-order valence-corrected chi connectivity index (χ2v) is 15.5. The number of fused-ring (bicyclic) bond motifs is 2. The first kappa shape index (κ1) is 44.8. The van der Waals surface area contributed by atoms with Gasteiger partial charge < -0.3 is 54.1 Å². The normalized spacial score (nSPS) is 22.8. The first-order valence-electron chi connectivity index (χ1n) is 20.2. The Morgan fingerprint density at radius 2 is 1.83 bits per heavy atom. The van der Waals surface area contributed by atoms with Gasteiger partial charge in [-0.05, 0) is 74.7 Å². The number of rotatable bonds is 18. The fourth-order valence-corrected chi connectivity index (χ4v) is 7.90. The highest BCUT2D eigenvalue weighted by molar-refractivity contribution is 5.98. The molecule has 0 bridgehead atoms. The predicted octanol–water partition coefficient (Wildman–Crippen LogP) is 2.28. The van der Waals surface area contributed by atoms with Crippen molar-refractivity contribution in [2.75, 3.05) is 26.3 Å². The smallest absolute Gasteiger partial charge is 0.334 e. The van der Waals surface area contributed by atoms with Gasteiger partial charge in [0.05, 0.1) is 35.0 Å². The van der Waals surface area contributed by atoms with Crippen molar-refractivity contribution in [2.24, 2.45) is 4.99 Å². The molecule has 7 unspecified atom stereocenters. The summed E-state index contributed by atoms with van der Waals surface area (Å²) < 4.78 is 23.8. The second kappa shape index (κ2) is 19.0. The number of aldehydes is 1. The highest BCUT2D eigenvalue weighted by Gasteiger charge is 2.62. The van der Waals surface area contributed by atoms with Crippen LogP contribution in [0.15, 0.2) is 98.5 Å². The van der Waals surface area contributed by atoms with Crippen LogP contribution in [0.3, 0.4) is 0 Å². The zero-order valence-corrected chi connectivity index (χ0v) is 34.2. The number of phenolic OH excluding ortho intramolecular Hbond substituents is 1. The molecule has 63 heavy (non-hydrogen) atoms. The third-order valence-corrected chi connectivity index (χ3v) is 11.0. The molecule has 3 aliphatic rings. The molecule has 7 rings (SSSR count). The van der Waals surface area contributed by atoms with Gasteiger partial charge in [0.1, 0.15) is 48.4 Å². The Hall–Kier alpha value is -6.25. The van der Waals surface area contributed by atoms with Gasteiger partial charge in [-0.2, -0.15) is 0 Å². The van der Waals surface area contributed by atoms with Crippen LogP contribution in [-0.4, -0.2) is 129 Å². The number of hydrogen-bond acceptors (Lipinski definition) is 17. The van der Waals surface area contributed by atoms with E-state index >= 15 is 0 Å². The van der Waals surface area contributed by atoms with Crippen molar-refractivity contribution in [3.63, 3.8) is 0 Å². The van der Waals surface area contributed by atoms with Gasteiger partial charge in [0, 0.05) is 43.0 Å². The Kier molecular flexibility index (Phi) is 13.5. The van der Waals surface area contributed by atoms with Gasteiger partial charge in [0.15, 0.2) is 17.1 Å².